The van der Waals surface area contributed by atoms with E-state index in [2.05, 4.69) is 5.32 Å². The number of hydrogen-bond donors (Lipinski definition) is 2. The van der Waals surface area contributed by atoms with Crippen LogP contribution >= 0.6 is 0 Å². The molecule has 1 saturated carbocycles. The molecule has 17 heavy (non-hydrogen) atoms. The Balaban J connectivity index is 1.72. The van der Waals surface area contributed by atoms with Gasteiger partial charge in [0.1, 0.15) is 6.10 Å². The van der Waals surface area contributed by atoms with Gasteiger partial charge in [0.2, 0.25) is 5.91 Å². The zero-order valence-electron chi connectivity index (χ0n) is 10.5. The summed E-state index contributed by atoms with van der Waals surface area (Å²) in [6, 6.07) is 0.282. The van der Waals surface area contributed by atoms with Crippen LogP contribution in [-0.2, 0) is 9.53 Å². The van der Waals surface area contributed by atoms with Crippen molar-refractivity contribution in [2.45, 2.75) is 63.7 Å². The Morgan fingerprint density at radius 3 is 2.47 bits per heavy atom. The van der Waals surface area contributed by atoms with E-state index in [1.807, 2.05) is 6.92 Å². The molecule has 2 atom stereocenters. The Hall–Kier alpha value is -0.610. The number of amides is 1. The summed E-state index contributed by atoms with van der Waals surface area (Å²) in [4.78, 5) is 11.9. The predicted octanol–water partition coefficient (Wildman–Crippen LogP) is 1.22. The maximum atomic E-state index is 11.9. The van der Waals surface area contributed by atoms with Crippen molar-refractivity contribution in [3.63, 3.8) is 0 Å². The number of ether oxygens (including phenoxy) is 1. The lowest BCUT2D eigenvalue weighted by molar-refractivity contribution is -0.132. The van der Waals surface area contributed by atoms with Gasteiger partial charge in [-0.3, -0.25) is 4.79 Å². The van der Waals surface area contributed by atoms with E-state index in [4.69, 9.17) is 9.84 Å². The second-order valence-electron chi connectivity index (χ2n) is 5.42. The summed E-state index contributed by atoms with van der Waals surface area (Å²) in [5, 5.41) is 12.1. The van der Waals surface area contributed by atoms with Crippen molar-refractivity contribution in [2.75, 3.05) is 6.61 Å². The standard InChI is InChI=1S/C13H23NO3/c1-9-2-7-12(17-9)13(16)14-11-5-3-10(8-15)4-6-11/h9-12,15H,2-8H2,1H3,(H,14,16). The third kappa shape index (κ3) is 3.42. The van der Waals surface area contributed by atoms with Crippen LogP contribution in [0.3, 0.4) is 0 Å². The van der Waals surface area contributed by atoms with Gasteiger partial charge in [0.05, 0.1) is 6.10 Å². The maximum absolute atomic E-state index is 11.9. The highest BCUT2D eigenvalue weighted by Gasteiger charge is 2.30. The Labute approximate surface area is 103 Å². The molecule has 2 N–H and O–H groups in total. The molecule has 1 aliphatic heterocycles. The molecule has 0 aromatic carbocycles. The normalized spacial score (nSPS) is 38.0. The molecule has 2 fully saturated rings. The molecule has 1 heterocycles. The van der Waals surface area contributed by atoms with Crippen LogP contribution in [0.2, 0.25) is 0 Å². The molecule has 1 saturated heterocycles. The number of carbonyl (C=O) groups is 1. The van der Waals surface area contributed by atoms with E-state index in [1.54, 1.807) is 0 Å². The van der Waals surface area contributed by atoms with E-state index in [0.717, 1.165) is 38.5 Å². The lowest BCUT2D eigenvalue weighted by atomic mass is 9.86. The van der Waals surface area contributed by atoms with Gasteiger partial charge >= 0.3 is 0 Å². The highest BCUT2D eigenvalue weighted by atomic mass is 16.5. The van der Waals surface area contributed by atoms with E-state index in [1.165, 1.54) is 0 Å². The number of aliphatic hydroxyl groups is 1. The van der Waals surface area contributed by atoms with Crippen molar-refractivity contribution >= 4 is 5.91 Å². The second-order valence-corrected chi connectivity index (χ2v) is 5.42. The molecule has 1 aliphatic carbocycles. The van der Waals surface area contributed by atoms with Crippen LogP contribution in [0.5, 0.6) is 0 Å². The number of hydrogen-bond acceptors (Lipinski definition) is 3. The first-order chi connectivity index (χ1) is 8.19. The molecule has 2 unspecified atom stereocenters. The van der Waals surface area contributed by atoms with Crippen LogP contribution < -0.4 is 5.32 Å². The zero-order valence-corrected chi connectivity index (χ0v) is 10.5. The molecule has 4 heteroatoms. The minimum absolute atomic E-state index is 0.0572. The van der Waals surface area contributed by atoms with E-state index in [0.29, 0.717) is 5.92 Å². The minimum atomic E-state index is -0.236. The molecule has 2 aliphatic rings. The Morgan fingerprint density at radius 2 is 1.94 bits per heavy atom. The van der Waals surface area contributed by atoms with Crippen LogP contribution in [0.1, 0.15) is 45.4 Å². The molecule has 1 amide bonds. The van der Waals surface area contributed by atoms with Crippen LogP contribution in [-0.4, -0.2) is 35.9 Å². The summed E-state index contributed by atoms with van der Waals surface area (Å²) in [6.45, 7) is 2.30. The van der Waals surface area contributed by atoms with E-state index in [9.17, 15) is 4.79 Å². The third-order valence-electron chi connectivity index (χ3n) is 3.98. The molecule has 4 nitrogen and oxygen atoms in total. The topological polar surface area (TPSA) is 58.6 Å². The van der Waals surface area contributed by atoms with Gasteiger partial charge in [-0.25, -0.2) is 0 Å². The van der Waals surface area contributed by atoms with Crippen LogP contribution in [0.25, 0.3) is 0 Å². The highest BCUT2D eigenvalue weighted by molar-refractivity contribution is 5.81. The number of aliphatic hydroxyl groups excluding tert-OH is 1. The minimum Gasteiger partial charge on any atom is -0.396 e. The van der Waals surface area contributed by atoms with Crippen molar-refractivity contribution < 1.29 is 14.6 Å². The zero-order chi connectivity index (χ0) is 12.3. The van der Waals surface area contributed by atoms with E-state index in [-0.39, 0.29) is 30.8 Å². The average Bonchev–Trinajstić information content (AvgIpc) is 2.77. The molecule has 2 rings (SSSR count). The Bertz CT molecular complexity index is 261. The first kappa shape index (κ1) is 12.8. The lowest BCUT2D eigenvalue weighted by Gasteiger charge is -2.28. The van der Waals surface area contributed by atoms with Crippen molar-refractivity contribution in [3.8, 4) is 0 Å². The van der Waals surface area contributed by atoms with Gasteiger partial charge in [0.15, 0.2) is 0 Å². The largest absolute Gasteiger partial charge is 0.396 e. The summed E-state index contributed by atoms with van der Waals surface area (Å²) in [6.07, 6.45) is 5.82. The van der Waals surface area contributed by atoms with Gasteiger partial charge in [-0.05, 0) is 51.4 Å². The fourth-order valence-corrected chi connectivity index (χ4v) is 2.78. The SMILES string of the molecule is CC1CCC(C(=O)NC2CCC(CO)CC2)O1. The van der Waals surface area contributed by atoms with E-state index >= 15 is 0 Å². The summed E-state index contributed by atoms with van der Waals surface area (Å²) in [5.41, 5.74) is 0. The fourth-order valence-electron chi connectivity index (χ4n) is 2.78. The number of nitrogens with one attached hydrogen (secondary N) is 1. The Kier molecular flexibility index (Phi) is 4.40. The van der Waals surface area contributed by atoms with Crippen molar-refractivity contribution in [1.82, 2.24) is 5.32 Å². The summed E-state index contributed by atoms with van der Waals surface area (Å²) >= 11 is 0. The summed E-state index contributed by atoms with van der Waals surface area (Å²) < 4.78 is 5.55. The molecule has 0 aromatic heterocycles. The van der Waals surface area contributed by atoms with Crippen LogP contribution in [0.4, 0.5) is 0 Å². The first-order valence-corrected chi connectivity index (χ1v) is 6.75. The summed E-state index contributed by atoms with van der Waals surface area (Å²) in [7, 11) is 0. The van der Waals surface area contributed by atoms with Crippen LogP contribution in [0, 0.1) is 5.92 Å². The van der Waals surface area contributed by atoms with Crippen LogP contribution in [0.15, 0.2) is 0 Å². The molecular weight excluding hydrogens is 218 g/mol. The van der Waals surface area contributed by atoms with Crippen molar-refractivity contribution in [3.05, 3.63) is 0 Å². The maximum Gasteiger partial charge on any atom is 0.249 e. The quantitative estimate of drug-likeness (QED) is 0.781. The smallest absolute Gasteiger partial charge is 0.249 e. The molecular formula is C13H23NO3. The van der Waals surface area contributed by atoms with Gasteiger partial charge in [-0.1, -0.05) is 0 Å². The molecule has 0 bridgehead atoms. The monoisotopic (exact) mass is 241 g/mol. The fraction of sp³-hybridized carbons (Fsp3) is 0.923. The lowest BCUT2D eigenvalue weighted by Crippen LogP contribution is -2.43. The second kappa shape index (κ2) is 5.83. The molecule has 0 spiro atoms. The summed E-state index contributed by atoms with van der Waals surface area (Å²) in [5.74, 6) is 0.493. The van der Waals surface area contributed by atoms with Gasteiger partial charge in [-0.15, -0.1) is 0 Å². The average molecular weight is 241 g/mol. The van der Waals surface area contributed by atoms with Gasteiger partial charge in [0.25, 0.3) is 0 Å². The highest BCUT2D eigenvalue weighted by Crippen LogP contribution is 2.25. The van der Waals surface area contributed by atoms with E-state index < -0.39 is 0 Å². The van der Waals surface area contributed by atoms with Crippen molar-refractivity contribution in [1.29, 1.82) is 0 Å². The van der Waals surface area contributed by atoms with Gasteiger partial charge < -0.3 is 15.2 Å². The Morgan fingerprint density at radius 1 is 1.24 bits per heavy atom. The van der Waals surface area contributed by atoms with Gasteiger partial charge in [-0.2, -0.15) is 0 Å². The molecule has 0 aromatic rings. The number of rotatable bonds is 3. The molecule has 0 radical (unpaired) electrons. The molecule has 98 valence electrons. The predicted molar refractivity (Wildman–Crippen MR) is 64.5 cm³/mol. The number of carbonyl (C=O) groups excluding carboxylic acids is 1. The third-order valence-corrected chi connectivity index (χ3v) is 3.98. The van der Waals surface area contributed by atoms with Gasteiger partial charge in [0, 0.05) is 12.6 Å². The van der Waals surface area contributed by atoms with Crippen molar-refractivity contribution in [2.24, 2.45) is 5.92 Å². The first-order valence-electron chi connectivity index (χ1n) is 6.75.